The van der Waals surface area contributed by atoms with E-state index in [4.69, 9.17) is 5.11 Å². The molecule has 7 nitrogen and oxygen atoms in total. The summed E-state index contributed by atoms with van der Waals surface area (Å²) < 4.78 is 26.5. The molecule has 138 valence electrons. The average molecular weight is 364 g/mol. The second kappa shape index (κ2) is 8.43. The van der Waals surface area contributed by atoms with Gasteiger partial charge >= 0.3 is 5.97 Å². The minimum Gasteiger partial charge on any atom is -0.476 e. The molecule has 1 amide bonds. The first-order valence-electron chi connectivity index (χ1n) is 7.71. The number of amides is 1. The van der Waals surface area contributed by atoms with Crippen molar-refractivity contribution in [2.75, 3.05) is 27.2 Å². The Hall–Kier alpha value is -2.94. The number of carboxylic acids is 1. The molecule has 0 saturated heterocycles. The Morgan fingerprint density at radius 3 is 2.23 bits per heavy atom. The van der Waals surface area contributed by atoms with Crippen LogP contribution >= 0.6 is 0 Å². The second-order valence-corrected chi connectivity index (χ2v) is 5.87. The first-order chi connectivity index (χ1) is 12.3. The summed E-state index contributed by atoms with van der Waals surface area (Å²) in [5.74, 6) is -3.69. The number of hydrogen-bond acceptors (Lipinski definition) is 5. The highest BCUT2D eigenvalue weighted by molar-refractivity contribution is 5.92. The van der Waals surface area contributed by atoms with Crippen LogP contribution in [0.25, 0.3) is 0 Å². The molecule has 1 aromatic heterocycles. The number of carbonyl (C=O) groups excluding carboxylic acids is 1. The summed E-state index contributed by atoms with van der Waals surface area (Å²) in [5.41, 5.74) is 0.115. The molecule has 2 aromatic rings. The van der Waals surface area contributed by atoms with Crippen LogP contribution in [0.4, 0.5) is 8.78 Å². The van der Waals surface area contributed by atoms with E-state index in [9.17, 15) is 18.4 Å². The molecule has 26 heavy (non-hydrogen) atoms. The molecule has 2 rings (SSSR count). The zero-order valence-corrected chi connectivity index (χ0v) is 14.3. The standard InChI is InChI=1S/C17H18F2N4O3/c1-22(2)5-6-23(10-11-3-4-12(18)13(19)7-11)16(24)14-8-21-15(9-20-14)17(25)26/h3-4,7-9H,5-6,10H2,1-2H3,(H,25,26). The molecule has 0 aliphatic heterocycles. The van der Waals surface area contributed by atoms with Gasteiger partial charge in [-0.2, -0.15) is 0 Å². The van der Waals surface area contributed by atoms with E-state index in [1.165, 1.54) is 11.0 Å². The van der Waals surface area contributed by atoms with Gasteiger partial charge in [0.2, 0.25) is 0 Å². The summed E-state index contributed by atoms with van der Waals surface area (Å²) in [4.78, 5) is 34.3. The molecule has 0 aliphatic rings. The average Bonchev–Trinajstić information content (AvgIpc) is 2.61. The van der Waals surface area contributed by atoms with E-state index in [0.717, 1.165) is 24.5 Å². The maximum absolute atomic E-state index is 13.4. The predicted octanol–water partition coefficient (Wildman–Crippen LogP) is 1.66. The van der Waals surface area contributed by atoms with Gasteiger partial charge in [-0.25, -0.2) is 23.5 Å². The Morgan fingerprint density at radius 2 is 1.69 bits per heavy atom. The number of likely N-dealkylation sites (N-methyl/N-ethyl adjacent to an activating group) is 1. The van der Waals surface area contributed by atoms with Crippen LogP contribution in [0.2, 0.25) is 0 Å². The van der Waals surface area contributed by atoms with Gasteiger partial charge in [0.05, 0.1) is 12.4 Å². The van der Waals surface area contributed by atoms with E-state index in [1.807, 2.05) is 19.0 Å². The summed E-state index contributed by atoms with van der Waals surface area (Å²) in [6.45, 7) is 0.898. The third-order valence-electron chi connectivity index (χ3n) is 3.55. The molecular weight excluding hydrogens is 346 g/mol. The number of rotatable bonds is 7. The quantitative estimate of drug-likeness (QED) is 0.804. The van der Waals surface area contributed by atoms with E-state index < -0.39 is 23.5 Å². The van der Waals surface area contributed by atoms with Crippen molar-refractivity contribution in [2.24, 2.45) is 0 Å². The molecule has 0 bridgehead atoms. The molecule has 1 aromatic carbocycles. The molecule has 0 saturated carbocycles. The lowest BCUT2D eigenvalue weighted by molar-refractivity contribution is 0.0683. The van der Waals surface area contributed by atoms with Crippen LogP contribution in [0.3, 0.4) is 0 Å². The van der Waals surface area contributed by atoms with E-state index in [2.05, 4.69) is 9.97 Å². The van der Waals surface area contributed by atoms with Crippen molar-refractivity contribution in [3.05, 3.63) is 59.2 Å². The van der Waals surface area contributed by atoms with Crippen molar-refractivity contribution in [3.8, 4) is 0 Å². The lowest BCUT2D eigenvalue weighted by Crippen LogP contribution is -2.36. The lowest BCUT2D eigenvalue weighted by atomic mass is 10.2. The minimum absolute atomic E-state index is 0.0312. The van der Waals surface area contributed by atoms with E-state index in [-0.39, 0.29) is 17.9 Å². The Balaban J connectivity index is 2.23. The molecule has 0 radical (unpaired) electrons. The smallest absolute Gasteiger partial charge is 0.356 e. The highest BCUT2D eigenvalue weighted by Gasteiger charge is 2.19. The van der Waals surface area contributed by atoms with Crippen molar-refractivity contribution >= 4 is 11.9 Å². The van der Waals surface area contributed by atoms with Crippen LogP contribution in [-0.4, -0.2) is 63.9 Å². The number of nitrogens with zero attached hydrogens (tertiary/aromatic N) is 4. The molecule has 9 heteroatoms. The van der Waals surface area contributed by atoms with Crippen molar-refractivity contribution < 1.29 is 23.5 Å². The number of carboxylic acid groups (broad SMARTS) is 1. The van der Waals surface area contributed by atoms with Crippen LogP contribution < -0.4 is 0 Å². The number of carbonyl (C=O) groups is 2. The number of hydrogen-bond donors (Lipinski definition) is 1. The van der Waals surface area contributed by atoms with Gasteiger partial charge in [-0.05, 0) is 31.8 Å². The van der Waals surface area contributed by atoms with E-state index >= 15 is 0 Å². The monoisotopic (exact) mass is 364 g/mol. The fourth-order valence-corrected chi connectivity index (χ4v) is 2.14. The van der Waals surface area contributed by atoms with Crippen molar-refractivity contribution in [3.63, 3.8) is 0 Å². The third kappa shape index (κ3) is 5.03. The van der Waals surface area contributed by atoms with Gasteiger partial charge in [0, 0.05) is 19.6 Å². The normalized spacial score (nSPS) is 10.8. The first-order valence-corrected chi connectivity index (χ1v) is 7.71. The van der Waals surface area contributed by atoms with Crippen molar-refractivity contribution in [1.82, 2.24) is 19.8 Å². The number of aromatic nitrogens is 2. The zero-order chi connectivity index (χ0) is 19.3. The summed E-state index contributed by atoms with van der Waals surface area (Å²) in [6, 6.07) is 3.43. The summed E-state index contributed by atoms with van der Waals surface area (Å²) in [6.07, 6.45) is 2.08. The van der Waals surface area contributed by atoms with Crippen LogP contribution in [0, 0.1) is 11.6 Å². The maximum Gasteiger partial charge on any atom is 0.356 e. The van der Waals surface area contributed by atoms with Gasteiger partial charge in [0.1, 0.15) is 5.69 Å². The number of benzene rings is 1. The van der Waals surface area contributed by atoms with Gasteiger partial charge in [-0.15, -0.1) is 0 Å². The van der Waals surface area contributed by atoms with Gasteiger partial charge in [-0.3, -0.25) is 4.79 Å². The predicted molar refractivity (Wildman–Crippen MR) is 88.6 cm³/mol. The molecule has 0 unspecified atom stereocenters. The number of halogens is 2. The third-order valence-corrected chi connectivity index (χ3v) is 3.55. The van der Waals surface area contributed by atoms with Crippen LogP contribution in [0.5, 0.6) is 0 Å². The van der Waals surface area contributed by atoms with Crippen LogP contribution in [0.15, 0.2) is 30.6 Å². The molecule has 0 atom stereocenters. The Labute approximate surface area is 148 Å². The Kier molecular flexibility index (Phi) is 6.29. The highest BCUT2D eigenvalue weighted by Crippen LogP contribution is 2.13. The first kappa shape index (κ1) is 19.4. The van der Waals surface area contributed by atoms with Gasteiger partial charge in [-0.1, -0.05) is 6.07 Å². The molecule has 0 spiro atoms. The summed E-state index contributed by atoms with van der Waals surface area (Å²) in [5, 5.41) is 8.84. The van der Waals surface area contributed by atoms with Crippen LogP contribution in [0.1, 0.15) is 26.5 Å². The molecule has 1 heterocycles. The molecule has 0 fully saturated rings. The minimum atomic E-state index is -1.25. The fraction of sp³-hybridized carbons (Fsp3) is 0.294. The fourth-order valence-electron chi connectivity index (χ4n) is 2.14. The van der Waals surface area contributed by atoms with E-state index in [0.29, 0.717) is 18.7 Å². The second-order valence-electron chi connectivity index (χ2n) is 5.87. The number of aromatic carboxylic acids is 1. The summed E-state index contributed by atoms with van der Waals surface area (Å²) >= 11 is 0. The van der Waals surface area contributed by atoms with Gasteiger partial charge in [0.25, 0.3) is 5.91 Å². The van der Waals surface area contributed by atoms with Crippen molar-refractivity contribution in [1.29, 1.82) is 0 Å². The van der Waals surface area contributed by atoms with Crippen molar-refractivity contribution in [2.45, 2.75) is 6.54 Å². The maximum atomic E-state index is 13.4. The van der Waals surface area contributed by atoms with Gasteiger partial charge in [0.15, 0.2) is 17.3 Å². The molecule has 0 aliphatic carbocycles. The summed E-state index contributed by atoms with van der Waals surface area (Å²) in [7, 11) is 3.67. The lowest BCUT2D eigenvalue weighted by Gasteiger charge is -2.24. The van der Waals surface area contributed by atoms with Crippen LogP contribution in [-0.2, 0) is 6.54 Å². The molecular formula is C17H18F2N4O3. The highest BCUT2D eigenvalue weighted by atomic mass is 19.2. The topological polar surface area (TPSA) is 86.6 Å². The molecule has 1 N–H and O–H groups in total. The zero-order valence-electron chi connectivity index (χ0n) is 14.3. The van der Waals surface area contributed by atoms with E-state index in [1.54, 1.807) is 0 Å². The largest absolute Gasteiger partial charge is 0.476 e. The van der Waals surface area contributed by atoms with Gasteiger partial charge < -0.3 is 14.9 Å². The SMILES string of the molecule is CN(C)CCN(Cc1ccc(F)c(F)c1)C(=O)c1cnc(C(=O)O)cn1. The Bertz CT molecular complexity index is 797. The Morgan fingerprint density at radius 1 is 1.04 bits per heavy atom.